The Morgan fingerprint density at radius 2 is 2.13 bits per heavy atom. The Bertz CT molecular complexity index is 817. The van der Waals surface area contributed by atoms with Crippen LogP contribution in [0, 0.1) is 0 Å². The van der Waals surface area contributed by atoms with E-state index >= 15 is 0 Å². The number of pyridine rings is 1. The SMILES string of the molecule is Nc1n[nH]c2cc(NC(=O)N[C@H](CO)c3ccccc3)ncc12. The Labute approximate surface area is 131 Å². The maximum Gasteiger partial charge on any atom is 0.320 e. The van der Waals surface area contributed by atoms with Crippen LogP contribution in [-0.2, 0) is 0 Å². The van der Waals surface area contributed by atoms with Gasteiger partial charge in [0.15, 0.2) is 5.82 Å². The largest absolute Gasteiger partial charge is 0.394 e. The van der Waals surface area contributed by atoms with Gasteiger partial charge >= 0.3 is 6.03 Å². The number of rotatable bonds is 4. The molecule has 0 saturated heterocycles. The van der Waals surface area contributed by atoms with Gasteiger partial charge in [0.25, 0.3) is 0 Å². The van der Waals surface area contributed by atoms with E-state index in [4.69, 9.17) is 5.73 Å². The highest BCUT2D eigenvalue weighted by atomic mass is 16.3. The first-order valence-electron chi connectivity index (χ1n) is 7.00. The van der Waals surface area contributed by atoms with Gasteiger partial charge in [0.05, 0.1) is 23.6 Å². The lowest BCUT2D eigenvalue weighted by molar-refractivity contribution is 0.225. The zero-order valence-corrected chi connectivity index (χ0v) is 12.2. The van der Waals surface area contributed by atoms with Gasteiger partial charge in [-0.15, -0.1) is 0 Å². The zero-order valence-electron chi connectivity index (χ0n) is 12.2. The lowest BCUT2D eigenvalue weighted by Crippen LogP contribution is -2.34. The van der Waals surface area contributed by atoms with E-state index in [-0.39, 0.29) is 6.61 Å². The number of carbonyl (C=O) groups is 1. The van der Waals surface area contributed by atoms with Crippen LogP contribution in [0.4, 0.5) is 16.4 Å². The van der Waals surface area contributed by atoms with Gasteiger partial charge in [-0.3, -0.25) is 10.4 Å². The average Bonchev–Trinajstić information content (AvgIpc) is 2.94. The molecule has 0 spiro atoms. The summed E-state index contributed by atoms with van der Waals surface area (Å²) in [6.45, 7) is -0.207. The molecule has 3 rings (SSSR count). The summed E-state index contributed by atoms with van der Waals surface area (Å²) in [5.74, 6) is 0.705. The number of aliphatic hydroxyl groups excluding tert-OH is 1. The molecule has 0 saturated carbocycles. The van der Waals surface area contributed by atoms with Gasteiger partial charge in [-0.25, -0.2) is 9.78 Å². The molecule has 0 radical (unpaired) electrons. The van der Waals surface area contributed by atoms with Crippen LogP contribution in [0.15, 0.2) is 42.6 Å². The van der Waals surface area contributed by atoms with Crippen molar-refractivity contribution in [2.75, 3.05) is 17.7 Å². The van der Waals surface area contributed by atoms with Gasteiger partial charge < -0.3 is 16.2 Å². The lowest BCUT2D eigenvalue weighted by Gasteiger charge is -2.17. The van der Waals surface area contributed by atoms with E-state index in [9.17, 15) is 9.90 Å². The number of aliphatic hydroxyl groups is 1. The van der Waals surface area contributed by atoms with Crippen molar-refractivity contribution < 1.29 is 9.90 Å². The number of amides is 2. The van der Waals surface area contributed by atoms with E-state index in [2.05, 4.69) is 25.8 Å². The van der Waals surface area contributed by atoms with Crippen LogP contribution in [0.1, 0.15) is 11.6 Å². The zero-order chi connectivity index (χ0) is 16.2. The van der Waals surface area contributed by atoms with Gasteiger partial charge in [0.2, 0.25) is 0 Å². The number of H-pyrrole nitrogens is 1. The fourth-order valence-electron chi connectivity index (χ4n) is 2.23. The van der Waals surface area contributed by atoms with Crippen molar-refractivity contribution in [1.29, 1.82) is 0 Å². The number of nitrogens with one attached hydrogen (secondary N) is 3. The fraction of sp³-hybridized carbons (Fsp3) is 0.133. The molecule has 2 aromatic heterocycles. The van der Waals surface area contributed by atoms with Crippen molar-refractivity contribution in [3.63, 3.8) is 0 Å². The molecule has 118 valence electrons. The quantitative estimate of drug-likeness (QED) is 0.497. The highest BCUT2D eigenvalue weighted by Crippen LogP contribution is 2.19. The van der Waals surface area contributed by atoms with Crippen molar-refractivity contribution >= 4 is 28.6 Å². The van der Waals surface area contributed by atoms with E-state index in [0.29, 0.717) is 22.5 Å². The van der Waals surface area contributed by atoms with Gasteiger partial charge in [-0.2, -0.15) is 5.10 Å². The first-order valence-corrected chi connectivity index (χ1v) is 7.00. The number of nitrogens with zero attached hydrogens (tertiary/aromatic N) is 2. The molecule has 6 N–H and O–H groups in total. The molecule has 0 aliphatic rings. The monoisotopic (exact) mass is 312 g/mol. The molecule has 1 aromatic carbocycles. The highest BCUT2D eigenvalue weighted by Gasteiger charge is 2.14. The van der Waals surface area contributed by atoms with Gasteiger partial charge in [0.1, 0.15) is 5.82 Å². The maximum absolute atomic E-state index is 12.1. The second-order valence-corrected chi connectivity index (χ2v) is 4.97. The summed E-state index contributed by atoms with van der Waals surface area (Å²) in [5, 5.41) is 22.1. The minimum atomic E-state index is -0.497. The molecule has 2 heterocycles. The van der Waals surface area contributed by atoms with Crippen molar-refractivity contribution in [1.82, 2.24) is 20.5 Å². The Morgan fingerprint density at radius 3 is 2.87 bits per heavy atom. The molecular weight excluding hydrogens is 296 g/mol. The van der Waals surface area contributed by atoms with Gasteiger partial charge in [-0.1, -0.05) is 30.3 Å². The van der Waals surface area contributed by atoms with Crippen LogP contribution in [-0.4, -0.2) is 32.9 Å². The summed E-state index contributed by atoms with van der Waals surface area (Å²) < 4.78 is 0. The Morgan fingerprint density at radius 1 is 1.35 bits per heavy atom. The summed E-state index contributed by atoms with van der Waals surface area (Å²) in [5.41, 5.74) is 7.16. The maximum atomic E-state index is 12.1. The summed E-state index contributed by atoms with van der Waals surface area (Å²) >= 11 is 0. The summed E-state index contributed by atoms with van der Waals surface area (Å²) in [7, 11) is 0. The van der Waals surface area contributed by atoms with E-state index in [0.717, 1.165) is 5.56 Å². The Hall–Kier alpha value is -3.13. The molecule has 0 unspecified atom stereocenters. The summed E-state index contributed by atoms with van der Waals surface area (Å²) in [6, 6.07) is 9.89. The van der Waals surface area contributed by atoms with E-state index in [1.54, 1.807) is 6.07 Å². The molecule has 0 aliphatic carbocycles. The van der Waals surface area contributed by atoms with Crippen LogP contribution in [0.25, 0.3) is 10.9 Å². The second kappa shape index (κ2) is 6.32. The number of nitrogens with two attached hydrogens (primary N) is 1. The predicted molar refractivity (Wildman–Crippen MR) is 86.7 cm³/mol. The van der Waals surface area contributed by atoms with Crippen molar-refractivity contribution in [3.8, 4) is 0 Å². The summed E-state index contributed by atoms with van der Waals surface area (Å²) in [6.07, 6.45) is 1.53. The summed E-state index contributed by atoms with van der Waals surface area (Å²) in [4.78, 5) is 16.2. The van der Waals surface area contributed by atoms with Crippen molar-refractivity contribution in [3.05, 3.63) is 48.2 Å². The fourth-order valence-corrected chi connectivity index (χ4v) is 2.23. The number of hydrogen-bond acceptors (Lipinski definition) is 5. The Kier molecular flexibility index (Phi) is 4.07. The minimum Gasteiger partial charge on any atom is -0.394 e. The van der Waals surface area contributed by atoms with Gasteiger partial charge in [-0.05, 0) is 5.56 Å². The van der Waals surface area contributed by atoms with Crippen LogP contribution in [0.5, 0.6) is 0 Å². The van der Waals surface area contributed by atoms with Crippen LogP contribution in [0.2, 0.25) is 0 Å². The van der Waals surface area contributed by atoms with Crippen LogP contribution >= 0.6 is 0 Å². The first-order chi connectivity index (χ1) is 11.2. The third-order valence-electron chi connectivity index (χ3n) is 3.41. The number of urea groups is 1. The molecule has 0 aliphatic heterocycles. The van der Waals surface area contributed by atoms with E-state index in [1.165, 1.54) is 6.20 Å². The van der Waals surface area contributed by atoms with Crippen LogP contribution < -0.4 is 16.4 Å². The first kappa shape index (κ1) is 14.8. The second-order valence-electron chi connectivity index (χ2n) is 4.97. The third-order valence-corrected chi connectivity index (χ3v) is 3.41. The number of aromatic nitrogens is 3. The minimum absolute atomic E-state index is 0.207. The number of aromatic amines is 1. The van der Waals surface area contributed by atoms with E-state index < -0.39 is 12.1 Å². The van der Waals surface area contributed by atoms with Crippen LogP contribution in [0.3, 0.4) is 0 Å². The van der Waals surface area contributed by atoms with E-state index in [1.807, 2.05) is 30.3 Å². The molecule has 2 amide bonds. The molecular formula is C15H16N6O2. The molecule has 8 nitrogen and oxygen atoms in total. The molecule has 1 atom stereocenters. The molecule has 3 aromatic rings. The lowest BCUT2D eigenvalue weighted by atomic mass is 10.1. The average molecular weight is 312 g/mol. The number of benzene rings is 1. The number of carbonyl (C=O) groups excluding carboxylic acids is 1. The Balaban J connectivity index is 1.70. The normalized spacial score (nSPS) is 12.0. The number of hydrogen-bond donors (Lipinski definition) is 5. The number of fused-ring (bicyclic) bond motifs is 1. The number of anilines is 2. The highest BCUT2D eigenvalue weighted by molar-refractivity contribution is 5.93. The predicted octanol–water partition coefficient (Wildman–Crippen LogP) is 1.40. The third kappa shape index (κ3) is 3.22. The molecule has 23 heavy (non-hydrogen) atoms. The van der Waals surface area contributed by atoms with Gasteiger partial charge in [0, 0.05) is 12.3 Å². The molecule has 0 bridgehead atoms. The number of nitrogen functional groups attached to an aromatic ring is 1. The standard InChI is InChI=1S/C15H16N6O2/c16-14-10-7-17-13(6-11(10)20-21-14)19-15(23)18-12(8-22)9-4-2-1-3-5-9/h1-7,12,22H,8H2,(H3,16,20,21)(H2,17,18,19,23)/t12-/m1/s1. The molecule has 0 fully saturated rings. The topological polar surface area (TPSA) is 129 Å². The smallest absolute Gasteiger partial charge is 0.320 e. The van der Waals surface area contributed by atoms with Crippen molar-refractivity contribution in [2.24, 2.45) is 0 Å². The van der Waals surface area contributed by atoms with Crippen molar-refractivity contribution in [2.45, 2.75) is 6.04 Å². The molecule has 8 heteroatoms.